The molecule has 3 heterocycles. The summed E-state index contributed by atoms with van der Waals surface area (Å²) in [6.07, 6.45) is 4.02. The molecule has 1 aromatic rings. The van der Waals surface area contributed by atoms with Gasteiger partial charge in [-0.1, -0.05) is 29.8 Å². The Bertz CT molecular complexity index is 708. The van der Waals surface area contributed by atoms with Crippen molar-refractivity contribution in [2.75, 3.05) is 33.7 Å². The molecule has 2 atom stereocenters. The SMILES string of the molecule is Cc1ccc(C2(C(=O)N3C[C@@H]4CC[C@H]3CN(C(=O)N(C)C)C4)CC2)cc1. The maximum Gasteiger partial charge on any atom is 0.319 e. The van der Waals surface area contributed by atoms with Gasteiger partial charge in [-0.3, -0.25) is 4.79 Å². The van der Waals surface area contributed by atoms with Crippen LogP contribution in [0.4, 0.5) is 4.79 Å². The number of amides is 3. The van der Waals surface area contributed by atoms with Gasteiger partial charge in [0.25, 0.3) is 0 Å². The summed E-state index contributed by atoms with van der Waals surface area (Å²) >= 11 is 0. The molecule has 5 rings (SSSR count). The second-order valence-electron chi connectivity index (χ2n) is 8.58. The lowest BCUT2D eigenvalue weighted by atomic mass is 9.89. The molecule has 3 aliphatic heterocycles. The number of rotatable bonds is 2. The van der Waals surface area contributed by atoms with Gasteiger partial charge < -0.3 is 14.7 Å². The molecule has 0 unspecified atom stereocenters. The van der Waals surface area contributed by atoms with E-state index in [2.05, 4.69) is 36.1 Å². The standard InChI is InChI=1S/C21H29N3O2/c1-15-4-7-17(8-5-15)21(10-11-21)19(25)24-13-16-6-9-18(24)14-23(12-16)20(26)22(2)3/h4-5,7-8,16,18H,6,9-14H2,1-3H3/t16-,18+/m1/s1. The highest BCUT2D eigenvalue weighted by Crippen LogP contribution is 2.50. The second kappa shape index (κ2) is 6.29. The van der Waals surface area contributed by atoms with Crippen LogP contribution in [0.25, 0.3) is 0 Å². The van der Waals surface area contributed by atoms with Gasteiger partial charge in [0.1, 0.15) is 0 Å². The Labute approximate surface area is 155 Å². The third kappa shape index (κ3) is 2.87. The minimum atomic E-state index is -0.311. The van der Waals surface area contributed by atoms with Crippen molar-refractivity contribution in [1.82, 2.24) is 14.7 Å². The first kappa shape index (κ1) is 17.4. The van der Waals surface area contributed by atoms with Crippen LogP contribution < -0.4 is 0 Å². The summed E-state index contributed by atoms with van der Waals surface area (Å²) in [5.74, 6) is 0.686. The first-order chi connectivity index (χ1) is 12.4. The molecule has 26 heavy (non-hydrogen) atoms. The van der Waals surface area contributed by atoms with Crippen LogP contribution in [0.2, 0.25) is 0 Å². The highest BCUT2D eigenvalue weighted by atomic mass is 16.2. The second-order valence-corrected chi connectivity index (χ2v) is 8.58. The molecule has 5 nitrogen and oxygen atoms in total. The average molecular weight is 355 g/mol. The quantitative estimate of drug-likeness (QED) is 0.819. The maximum absolute atomic E-state index is 13.5. The van der Waals surface area contributed by atoms with E-state index in [1.165, 1.54) is 5.56 Å². The Morgan fingerprint density at radius 1 is 1.04 bits per heavy atom. The highest BCUT2D eigenvalue weighted by molar-refractivity contribution is 5.91. The van der Waals surface area contributed by atoms with Gasteiger partial charge in [-0.25, -0.2) is 4.79 Å². The smallest absolute Gasteiger partial charge is 0.319 e. The summed E-state index contributed by atoms with van der Waals surface area (Å²) in [4.78, 5) is 31.7. The van der Waals surface area contributed by atoms with E-state index in [9.17, 15) is 9.59 Å². The van der Waals surface area contributed by atoms with E-state index in [0.717, 1.165) is 44.3 Å². The Hall–Kier alpha value is -2.04. The molecule has 1 saturated carbocycles. The summed E-state index contributed by atoms with van der Waals surface area (Å²) in [5.41, 5.74) is 2.08. The average Bonchev–Trinajstić information content (AvgIpc) is 3.46. The highest BCUT2D eigenvalue weighted by Gasteiger charge is 2.55. The summed E-state index contributed by atoms with van der Waals surface area (Å²) in [5, 5.41) is 0. The van der Waals surface area contributed by atoms with Crippen molar-refractivity contribution < 1.29 is 9.59 Å². The summed E-state index contributed by atoms with van der Waals surface area (Å²) in [7, 11) is 3.60. The molecule has 3 saturated heterocycles. The van der Waals surface area contributed by atoms with Crippen LogP contribution in [-0.2, 0) is 10.2 Å². The summed E-state index contributed by atoms with van der Waals surface area (Å²) in [6, 6.07) is 8.68. The Morgan fingerprint density at radius 2 is 1.73 bits per heavy atom. The van der Waals surface area contributed by atoms with Gasteiger partial charge in [-0.05, 0) is 44.1 Å². The van der Waals surface area contributed by atoms with Crippen LogP contribution in [0.5, 0.6) is 0 Å². The van der Waals surface area contributed by atoms with Crippen molar-refractivity contribution in [3.63, 3.8) is 0 Å². The van der Waals surface area contributed by atoms with Crippen LogP contribution in [0, 0.1) is 12.8 Å². The number of hydrogen-bond acceptors (Lipinski definition) is 2. The predicted octanol–water partition coefficient (Wildman–Crippen LogP) is 2.63. The number of aryl methyl sites for hydroxylation is 1. The van der Waals surface area contributed by atoms with Crippen molar-refractivity contribution in [3.8, 4) is 0 Å². The van der Waals surface area contributed by atoms with Crippen molar-refractivity contribution >= 4 is 11.9 Å². The summed E-state index contributed by atoms with van der Waals surface area (Å²) in [6.45, 7) is 4.32. The van der Waals surface area contributed by atoms with Crippen LogP contribution in [0.1, 0.15) is 36.8 Å². The molecule has 1 aliphatic carbocycles. The lowest BCUT2D eigenvalue weighted by molar-refractivity contribution is -0.138. The van der Waals surface area contributed by atoms with Crippen LogP contribution in [0.3, 0.4) is 0 Å². The first-order valence-electron chi connectivity index (χ1n) is 9.75. The predicted molar refractivity (Wildman–Crippen MR) is 101 cm³/mol. The molecule has 5 heteroatoms. The minimum Gasteiger partial charge on any atom is -0.337 e. The Morgan fingerprint density at radius 3 is 2.35 bits per heavy atom. The fourth-order valence-corrected chi connectivity index (χ4v) is 4.67. The van der Waals surface area contributed by atoms with Gasteiger partial charge in [0.15, 0.2) is 0 Å². The topological polar surface area (TPSA) is 43.9 Å². The molecule has 3 amide bonds. The van der Waals surface area contributed by atoms with Crippen molar-refractivity contribution in [2.45, 2.75) is 44.1 Å². The molecule has 4 fully saturated rings. The number of benzene rings is 1. The molecular weight excluding hydrogens is 326 g/mol. The third-order valence-electron chi connectivity index (χ3n) is 6.39. The Balaban J connectivity index is 1.56. The number of carbonyl (C=O) groups is 2. The normalized spacial score (nSPS) is 26.4. The largest absolute Gasteiger partial charge is 0.337 e. The van der Waals surface area contributed by atoms with Crippen LogP contribution in [0.15, 0.2) is 24.3 Å². The molecular formula is C21H29N3O2. The van der Waals surface area contributed by atoms with E-state index in [-0.39, 0.29) is 23.4 Å². The minimum absolute atomic E-state index is 0.0656. The van der Waals surface area contributed by atoms with Gasteiger partial charge in [0.05, 0.1) is 5.41 Å². The van der Waals surface area contributed by atoms with E-state index in [1.54, 1.807) is 19.0 Å². The van der Waals surface area contributed by atoms with Crippen LogP contribution in [-0.4, -0.2) is 66.4 Å². The first-order valence-corrected chi connectivity index (χ1v) is 9.75. The zero-order valence-corrected chi connectivity index (χ0v) is 16.1. The van der Waals surface area contributed by atoms with Gasteiger partial charge in [0, 0.05) is 39.8 Å². The van der Waals surface area contributed by atoms with Crippen LogP contribution >= 0.6 is 0 Å². The molecule has 4 aliphatic rings. The van der Waals surface area contributed by atoms with E-state index in [0.29, 0.717) is 12.5 Å². The van der Waals surface area contributed by atoms with E-state index in [4.69, 9.17) is 0 Å². The molecule has 0 spiro atoms. The monoisotopic (exact) mass is 355 g/mol. The maximum atomic E-state index is 13.5. The zero-order chi connectivity index (χ0) is 18.5. The lowest BCUT2D eigenvalue weighted by Crippen LogP contribution is -2.51. The molecule has 140 valence electrons. The third-order valence-corrected chi connectivity index (χ3v) is 6.39. The van der Waals surface area contributed by atoms with Gasteiger partial charge in [-0.2, -0.15) is 0 Å². The fraction of sp³-hybridized carbons (Fsp3) is 0.619. The number of fused-ring (bicyclic) bond motifs is 4. The fourth-order valence-electron chi connectivity index (χ4n) is 4.67. The van der Waals surface area contributed by atoms with Crippen molar-refractivity contribution in [2.24, 2.45) is 5.92 Å². The molecule has 2 bridgehead atoms. The Kier molecular flexibility index (Phi) is 4.20. The number of hydrogen-bond donors (Lipinski definition) is 0. The van der Waals surface area contributed by atoms with E-state index in [1.807, 2.05) is 4.90 Å². The number of carbonyl (C=O) groups excluding carboxylic acids is 2. The molecule has 0 aromatic heterocycles. The zero-order valence-electron chi connectivity index (χ0n) is 16.1. The number of urea groups is 1. The lowest BCUT2D eigenvalue weighted by Gasteiger charge is -2.38. The number of piperidine rings is 1. The summed E-state index contributed by atoms with van der Waals surface area (Å²) < 4.78 is 0. The van der Waals surface area contributed by atoms with Gasteiger partial charge in [-0.15, -0.1) is 0 Å². The molecule has 0 N–H and O–H groups in total. The van der Waals surface area contributed by atoms with Gasteiger partial charge in [0.2, 0.25) is 5.91 Å². The van der Waals surface area contributed by atoms with Gasteiger partial charge >= 0.3 is 6.03 Å². The molecule has 0 radical (unpaired) electrons. The van der Waals surface area contributed by atoms with Crippen molar-refractivity contribution in [3.05, 3.63) is 35.4 Å². The number of nitrogens with zero attached hydrogens (tertiary/aromatic N) is 3. The van der Waals surface area contributed by atoms with Crippen molar-refractivity contribution in [1.29, 1.82) is 0 Å². The van der Waals surface area contributed by atoms with E-state index >= 15 is 0 Å². The van der Waals surface area contributed by atoms with E-state index < -0.39 is 0 Å². The molecule has 1 aromatic carbocycles.